The van der Waals surface area contributed by atoms with Crippen LogP contribution in [0.25, 0.3) is 16.8 Å². The maximum Gasteiger partial charge on any atom is 0.272 e. The molecule has 0 aliphatic heterocycles. The van der Waals surface area contributed by atoms with E-state index in [4.69, 9.17) is 0 Å². The highest BCUT2D eigenvalue weighted by Gasteiger charge is 2.23. The first-order valence-electron chi connectivity index (χ1n) is 15.2. The lowest BCUT2D eigenvalue weighted by atomic mass is 10.0. The molecule has 0 saturated heterocycles. The molecule has 0 spiro atoms. The molecule has 6 nitrogen and oxygen atoms in total. The molecule has 3 N–H and O–H groups in total. The number of nitrogens with one attached hydrogen (secondary N) is 3. The van der Waals surface area contributed by atoms with Gasteiger partial charge in [-0.1, -0.05) is 113 Å². The largest absolute Gasteiger partial charge is 0.325 e. The number of carbonyl (C=O) groups is 3. The van der Waals surface area contributed by atoms with Crippen molar-refractivity contribution in [1.82, 2.24) is 5.32 Å². The molecule has 8 heteroatoms. The summed E-state index contributed by atoms with van der Waals surface area (Å²) in [7, 11) is 0. The first-order valence-corrected chi connectivity index (χ1v) is 16.9. The van der Waals surface area contributed by atoms with Gasteiger partial charge in [0.05, 0.1) is 0 Å². The highest BCUT2D eigenvalue weighted by atomic mass is 79.9. The van der Waals surface area contributed by atoms with Crippen molar-refractivity contribution in [3.8, 4) is 0 Å². The SMILES string of the molecule is O=C(Nc1cccc(SC(C(=O)Nc2ccc(Br)cc2)c2ccccc2)c1)/C(=C\c1cccc2ccccc12)NC(=O)c1ccccc1. The Morgan fingerprint density at radius 1 is 0.646 bits per heavy atom. The molecule has 6 rings (SSSR count). The molecule has 0 bridgehead atoms. The minimum Gasteiger partial charge on any atom is -0.325 e. The third-order valence-corrected chi connectivity index (χ3v) is 9.23. The highest BCUT2D eigenvalue weighted by molar-refractivity contribution is 9.10. The minimum atomic E-state index is -0.562. The van der Waals surface area contributed by atoms with Gasteiger partial charge in [-0.05, 0) is 82.6 Å². The van der Waals surface area contributed by atoms with E-state index in [1.165, 1.54) is 11.8 Å². The van der Waals surface area contributed by atoms with E-state index in [2.05, 4.69) is 31.9 Å². The normalized spacial score (nSPS) is 11.8. The van der Waals surface area contributed by atoms with Crippen molar-refractivity contribution in [2.45, 2.75) is 10.1 Å². The van der Waals surface area contributed by atoms with Crippen LogP contribution in [0.15, 0.2) is 167 Å². The van der Waals surface area contributed by atoms with Gasteiger partial charge in [-0.25, -0.2) is 0 Å². The van der Waals surface area contributed by atoms with Gasteiger partial charge in [-0.15, -0.1) is 11.8 Å². The van der Waals surface area contributed by atoms with E-state index in [9.17, 15) is 14.4 Å². The molecule has 1 unspecified atom stereocenters. The quantitative estimate of drug-likeness (QED) is 0.0976. The summed E-state index contributed by atoms with van der Waals surface area (Å²) in [5, 5.41) is 10.2. The Kier molecular flexibility index (Phi) is 10.4. The van der Waals surface area contributed by atoms with Gasteiger partial charge in [0.1, 0.15) is 10.9 Å². The summed E-state index contributed by atoms with van der Waals surface area (Å²) < 4.78 is 0.920. The van der Waals surface area contributed by atoms with E-state index in [0.29, 0.717) is 16.9 Å². The third-order valence-electron chi connectivity index (χ3n) is 7.45. The summed E-state index contributed by atoms with van der Waals surface area (Å²) in [6, 6.07) is 46.7. The Balaban J connectivity index is 1.26. The highest BCUT2D eigenvalue weighted by Crippen LogP contribution is 2.37. The van der Waals surface area contributed by atoms with Gasteiger partial charge in [0.15, 0.2) is 0 Å². The van der Waals surface area contributed by atoms with Gasteiger partial charge in [0.25, 0.3) is 11.8 Å². The van der Waals surface area contributed by atoms with E-state index in [1.807, 2.05) is 121 Å². The number of hydrogen-bond acceptors (Lipinski definition) is 4. The van der Waals surface area contributed by atoms with Crippen molar-refractivity contribution in [3.63, 3.8) is 0 Å². The fourth-order valence-electron chi connectivity index (χ4n) is 5.10. The lowest BCUT2D eigenvalue weighted by Gasteiger charge is -2.18. The van der Waals surface area contributed by atoms with Crippen LogP contribution in [0.1, 0.15) is 26.7 Å². The minimum absolute atomic E-state index is 0.0919. The maximum atomic E-state index is 13.8. The second-order valence-corrected chi connectivity index (χ2v) is 12.9. The molecule has 6 aromatic carbocycles. The molecule has 1 atom stereocenters. The molecule has 0 heterocycles. The number of carbonyl (C=O) groups excluding carboxylic acids is 3. The topological polar surface area (TPSA) is 87.3 Å². The van der Waals surface area contributed by atoms with E-state index in [1.54, 1.807) is 36.4 Å². The smallest absolute Gasteiger partial charge is 0.272 e. The Bertz CT molecular complexity index is 2100. The van der Waals surface area contributed by atoms with Crippen LogP contribution < -0.4 is 16.0 Å². The number of hydrogen-bond donors (Lipinski definition) is 3. The van der Waals surface area contributed by atoms with Crippen molar-refractivity contribution < 1.29 is 14.4 Å². The average molecular weight is 713 g/mol. The summed E-state index contributed by atoms with van der Waals surface area (Å²) in [6.07, 6.45) is 1.69. The van der Waals surface area contributed by atoms with Crippen LogP contribution in [-0.4, -0.2) is 17.7 Å². The number of thioether (sulfide) groups is 1. The first-order chi connectivity index (χ1) is 23.4. The van der Waals surface area contributed by atoms with Crippen LogP contribution in [0.4, 0.5) is 11.4 Å². The lowest BCUT2D eigenvalue weighted by Crippen LogP contribution is -2.30. The number of benzene rings is 6. The number of fused-ring (bicyclic) bond motifs is 1. The lowest BCUT2D eigenvalue weighted by molar-refractivity contribution is -0.116. The van der Waals surface area contributed by atoms with Crippen LogP contribution >= 0.6 is 27.7 Å². The molecular formula is C40H30BrN3O3S. The van der Waals surface area contributed by atoms with Gasteiger partial charge in [0.2, 0.25) is 5.91 Å². The molecule has 0 fully saturated rings. The van der Waals surface area contributed by atoms with E-state index < -0.39 is 17.1 Å². The van der Waals surface area contributed by atoms with Crippen LogP contribution in [0.2, 0.25) is 0 Å². The number of rotatable bonds is 10. The zero-order valence-corrected chi connectivity index (χ0v) is 28.0. The van der Waals surface area contributed by atoms with Crippen molar-refractivity contribution >= 4 is 73.6 Å². The van der Waals surface area contributed by atoms with Gasteiger partial charge < -0.3 is 16.0 Å². The molecule has 0 aliphatic rings. The van der Waals surface area contributed by atoms with Crippen LogP contribution in [0, 0.1) is 0 Å². The average Bonchev–Trinajstić information content (AvgIpc) is 3.12. The summed E-state index contributed by atoms with van der Waals surface area (Å²) in [5.74, 6) is -1.06. The van der Waals surface area contributed by atoms with Gasteiger partial charge >= 0.3 is 0 Å². The predicted octanol–water partition coefficient (Wildman–Crippen LogP) is 9.48. The fraction of sp³-hybridized carbons (Fsp3) is 0.0250. The summed E-state index contributed by atoms with van der Waals surface area (Å²) in [4.78, 5) is 41.4. The van der Waals surface area contributed by atoms with E-state index >= 15 is 0 Å². The maximum absolute atomic E-state index is 13.8. The molecule has 236 valence electrons. The Morgan fingerprint density at radius 2 is 1.31 bits per heavy atom. The van der Waals surface area contributed by atoms with Crippen molar-refractivity contribution in [2.75, 3.05) is 10.6 Å². The van der Waals surface area contributed by atoms with E-state index in [-0.39, 0.29) is 11.6 Å². The van der Waals surface area contributed by atoms with Crippen LogP contribution in [0.5, 0.6) is 0 Å². The number of halogens is 1. The summed E-state index contributed by atoms with van der Waals surface area (Å²) in [6.45, 7) is 0. The number of anilines is 2. The van der Waals surface area contributed by atoms with Crippen LogP contribution in [0.3, 0.4) is 0 Å². The Hall–Kier alpha value is -5.44. The first kappa shape index (κ1) is 32.5. The zero-order valence-electron chi connectivity index (χ0n) is 25.6. The predicted molar refractivity (Wildman–Crippen MR) is 199 cm³/mol. The molecule has 0 aromatic heterocycles. The zero-order chi connectivity index (χ0) is 33.3. The summed E-state index contributed by atoms with van der Waals surface area (Å²) in [5.41, 5.74) is 3.36. The fourth-order valence-corrected chi connectivity index (χ4v) is 6.45. The van der Waals surface area contributed by atoms with Gasteiger partial charge in [-0.2, -0.15) is 0 Å². The monoisotopic (exact) mass is 711 g/mol. The summed E-state index contributed by atoms with van der Waals surface area (Å²) >= 11 is 4.81. The third kappa shape index (κ3) is 8.28. The van der Waals surface area contributed by atoms with Gasteiger partial charge in [0, 0.05) is 26.3 Å². The molecular weight excluding hydrogens is 682 g/mol. The number of amides is 3. The Morgan fingerprint density at radius 3 is 2.08 bits per heavy atom. The van der Waals surface area contributed by atoms with Crippen molar-refractivity contribution in [1.29, 1.82) is 0 Å². The van der Waals surface area contributed by atoms with Crippen molar-refractivity contribution in [3.05, 3.63) is 179 Å². The van der Waals surface area contributed by atoms with Crippen molar-refractivity contribution in [2.24, 2.45) is 0 Å². The second kappa shape index (κ2) is 15.4. The molecule has 0 radical (unpaired) electrons. The standard InChI is InChI=1S/C40H30BrN3O3S/c41-31-21-23-32(24-22-31)42-40(47)37(28-12-3-1-4-13-28)48-34-19-10-18-33(26-34)43-39(46)36(44-38(45)29-14-5-2-6-15-29)25-30-17-9-16-27-11-7-8-20-35(27)30/h1-26,37H,(H,42,47)(H,43,46)(H,44,45)/b36-25+. The Labute approximate surface area is 291 Å². The second-order valence-electron chi connectivity index (χ2n) is 10.8. The molecule has 48 heavy (non-hydrogen) atoms. The van der Waals surface area contributed by atoms with E-state index in [0.717, 1.165) is 31.3 Å². The molecule has 0 saturated carbocycles. The van der Waals surface area contributed by atoms with Crippen LogP contribution in [-0.2, 0) is 9.59 Å². The van der Waals surface area contributed by atoms with Gasteiger partial charge in [-0.3, -0.25) is 14.4 Å². The molecule has 3 amide bonds. The molecule has 0 aliphatic carbocycles. The molecule has 6 aromatic rings.